The number of anilines is 1. The molecule has 1 aliphatic rings. The minimum atomic E-state index is -1.06. The first-order valence-corrected chi connectivity index (χ1v) is 12.7. The Morgan fingerprint density at radius 3 is 2.61 bits per heavy atom. The number of hydrogen-bond donors (Lipinski definition) is 3. The number of benzene rings is 2. The summed E-state index contributed by atoms with van der Waals surface area (Å²) in [6, 6.07) is 22.2. The monoisotopic (exact) mass is 546 g/mol. The van der Waals surface area contributed by atoms with Gasteiger partial charge in [0, 0.05) is 30.4 Å². The van der Waals surface area contributed by atoms with Crippen molar-refractivity contribution in [3.63, 3.8) is 0 Å². The van der Waals surface area contributed by atoms with E-state index in [0.717, 1.165) is 11.4 Å². The normalized spacial score (nSPS) is 16.8. The number of hydrogen-bond acceptors (Lipinski definition) is 5. The molecule has 0 bridgehead atoms. The lowest BCUT2D eigenvalue weighted by Gasteiger charge is -2.25. The Hall–Kier alpha value is -4.21. The van der Waals surface area contributed by atoms with Crippen LogP contribution in [0.15, 0.2) is 89.5 Å². The molecular formula is C28H23ClN4O4S. The molecule has 192 valence electrons. The number of aromatic carboxylic acids is 1. The van der Waals surface area contributed by atoms with Gasteiger partial charge in [-0.2, -0.15) is 0 Å². The third-order valence-electron chi connectivity index (χ3n) is 6.23. The molecule has 3 heterocycles. The first kappa shape index (κ1) is 25.4. The number of thiocarbonyl (C=S) groups is 1. The molecule has 0 unspecified atom stereocenters. The van der Waals surface area contributed by atoms with Gasteiger partial charge in [0.15, 0.2) is 5.11 Å². The quantitative estimate of drug-likeness (QED) is 0.242. The second-order valence-electron chi connectivity index (χ2n) is 8.69. The molecule has 38 heavy (non-hydrogen) atoms. The van der Waals surface area contributed by atoms with Crippen LogP contribution in [0.2, 0.25) is 5.02 Å². The average Bonchev–Trinajstić information content (AvgIpc) is 3.53. The highest BCUT2D eigenvalue weighted by atomic mass is 35.5. The van der Waals surface area contributed by atoms with Crippen LogP contribution in [0.4, 0.5) is 5.69 Å². The van der Waals surface area contributed by atoms with Crippen LogP contribution in [-0.2, 0) is 4.79 Å². The van der Waals surface area contributed by atoms with E-state index in [0.29, 0.717) is 33.8 Å². The molecule has 10 heteroatoms. The Bertz CT molecular complexity index is 1480. The molecule has 4 aromatic rings. The smallest absolute Gasteiger partial charge is 0.335 e. The minimum absolute atomic E-state index is 0.100. The second-order valence-corrected chi connectivity index (χ2v) is 9.48. The topological polar surface area (TPSA) is 108 Å². The molecule has 0 radical (unpaired) electrons. The van der Waals surface area contributed by atoms with Gasteiger partial charge in [0.2, 0.25) is 5.91 Å². The van der Waals surface area contributed by atoms with Crippen LogP contribution in [0.5, 0.6) is 0 Å². The molecule has 5 rings (SSSR count). The summed E-state index contributed by atoms with van der Waals surface area (Å²) in [5, 5.41) is 16.5. The summed E-state index contributed by atoms with van der Waals surface area (Å²) in [5.74, 6) is -0.206. The summed E-state index contributed by atoms with van der Waals surface area (Å²) in [6.07, 6.45) is 1.90. The zero-order chi connectivity index (χ0) is 26.6. The van der Waals surface area contributed by atoms with Crippen LogP contribution >= 0.6 is 23.8 Å². The maximum atomic E-state index is 12.7. The fraction of sp³-hybridized carbons (Fsp3) is 0.143. The lowest BCUT2D eigenvalue weighted by Crippen LogP contribution is -2.32. The second kappa shape index (κ2) is 11.0. The third-order valence-corrected chi connectivity index (χ3v) is 6.91. The number of carboxylic acids is 1. The molecule has 1 aliphatic heterocycles. The number of amides is 1. The highest BCUT2D eigenvalue weighted by Gasteiger charge is 2.41. The van der Waals surface area contributed by atoms with Gasteiger partial charge in [0.25, 0.3) is 0 Å². The largest absolute Gasteiger partial charge is 0.478 e. The van der Waals surface area contributed by atoms with E-state index in [2.05, 4.69) is 15.6 Å². The van der Waals surface area contributed by atoms with Crippen molar-refractivity contribution in [2.24, 2.45) is 0 Å². The number of aromatic nitrogens is 1. The predicted molar refractivity (Wildman–Crippen MR) is 148 cm³/mol. The summed E-state index contributed by atoms with van der Waals surface area (Å²) >= 11 is 12.1. The van der Waals surface area contributed by atoms with Crippen LogP contribution in [0.3, 0.4) is 0 Å². The lowest BCUT2D eigenvalue weighted by atomic mass is 10.0. The van der Waals surface area contributed by atoms with E-state index in [-0.39, 0.29) is 23.9 Å². The molecule has 2 aromatic carbocycles. The highest BCUT2D eigenvalue weighted by Crippen LogP contribution is 2.41. The Balaban J connectivity index is 1.44. The van der Waals surface area contributed by atoms with Gasteiger partial charge in [-0.25, -0.2) is 4.79 Å². The van der Waals surface area contributed by atoms with Crippen molar-refractivity contribution in [3.8, 4) is 11.3 Å². The first-order chi connectivity index (χ1) is 18.4. The molecule has 2 atom stereocenters. The van der Waals surface area contributed by atoms with E-state index in [9.17, 15) is 14.7 Å². The SMILES string of the molecule is O=C(CCN1C(=S)N[C@H](c2ccccn2)[C@@H]1c1ccc(-c2cc(C(=O)O)ccc2Cl)o1)Nc1ccccc1. The van der Waals surface area contributed by atoms with E-state index in [1.165, 1.54) is 18.2 Å². The molecule has 1 amide bonds. The fourth-order valence-electron chi connectivity index (χ4n) is 4.43. The Morgan fingerprint density at radius 1 is 1.08 bits per heavy atom. The average molecular weight is 547 g/mol. The first-order valence-electron chi connectivity index (χ1n) is 11.9. The van der Waals surface area contributed by atoms with Crippen LogP contribution < -0.4 is 10.6 Å². The molecule has 8 nitrogen and oxygen atoms in total. The number of para-hydroxylation sites is 1. The van der Waals surface area contributed by atoms with Gasteiger partial charge in [0.1, 0.15) is 17.6 Å². The Kier molecular flexibility index (Phi) is 7.39. The van der Waals surface area contributed by atoms with Gasteiger partial charge < -0.3 is 25.1 Å². The molecule has 1 fully saturated rings. The Labute approximate surface area is 229 Å². The fourth-order valence-corrected chi connectivity index (χ4v) is 4.97. The summed E-state index contributed by atoms with van der Waals surface area (Å²) in [7, 11) is 0. The van der Waals surface area contributed by atoms with E-state index in [4.69, 9.17) is 28.2 Å². The molecular weight excluding hydrogens is 524 g/mol. The molecule has 1 saturated heterocycles. The number of carbonyl (C=O) groups excluding carboxylic acids is 1. The minimum Gasteiger partial charge on any atom is -0.478 e. The van der Waals surface area contributed by atoms with Crippen molar-refractivity contribution < 1.29 is 19.1 Å². The van der Waals surface area contributed by atoms with Crippen LogP contribution in [-0.4, -0.2) is 38.5 Å². The number of carbonyl (C=O) groups is 2. The van der Waals surface area contributed by atoms with Gasteiger partial charge >= 0.3 is 5.97 Å². The Morgan fingerprint density at radius 2 is 1.87 bits per heavy atom. The highest BCUT2D eigenvalue weighted by molar-refractivity contribution is 7.80. The molecule has 0 saturated carbocycles. The van der Waals surface area contributed by atoms with E-state index in [1.807, 2.05) is 59.5 Å². The number of nitrogens with one attached hydrogen (secondary N) is 2. The van der Waals surface area contributed by atoms with Crippen molar-refractivity contribution in [3.05, 3.63) is 107 Å². The van der Waals surface area contributed by atoms with Crippen molar-refractivity contribution in [2.75, 3.05) is 11.9 Å². The maximum absolute atomic E-state index is 12.7. The van der Waals surface area contributed by atoms with Crippen molar-refractivity contribution >= 4 is 46.5 Å². The van der Waals surface area contributed by atoms with E-state index in [1.54, 1.807) is 12.3 Å². The molecule has 2 aromatic heterocycles. The third kappa shape index (κ3) is 5.39. The molecule has 3 N–H and O–H groups in total. The van der Waals surface area contributed by atoms with Gasteiger partial charge in [0.05, 0.1) is 22.3 Å². The number of halogens is 1. The zero-order valence-electron chi connectivity index (χ0n) is 20.0. The van der Waals surface area contributed by atoms with Crippen LogP contribution in [0.25, 0.3) is 11.3 Å². The van der Waals surface area contributed by atoms with E-state index < -0.39 is 12.0 Å². The standard InChI is InChI=1S/C28H23ClN4O4S/c29-20-10-9-17(27(35)36)16-19(20)22-11-12-23(37-22)26-25(21-8-4-5-14-30-21)32-28(38)33(26)15-13-24(34)31-18-6-2-1-3-7-18/h1-12,14,16,25-26H,13,15H2,(H,31,34)(H,32,38)(H,35,36)/t25-,26+/m1/s1. The number of furan rings is 1. The lowest BCUT2D eigenvalue weighted by molar-refractivity contribution is -0.116. The zero-order valence-corrected chi connectivity index (χ0v) is 21.6. The van der Waals surface area contributed by atoms with Gasteiger partial charge in [-0.1, -0.05) is 35.9 Å². The maximum Gasteiger partial charge on any atom is 0.335 e. The van der Waals surface area contributed by atoms with Crippen molar-refractivity contribution in [1.29, 1.82) is 0 Å². The number of carboxylic acid groups (broad SMARTS) is 1. The van der Waals surface area contributed by atoms with Crippen molar-refractivity contribution in [2.45, 2.75) is 18.5 Å². The van der Waals surface area contributed by atoms with Crippen LogP contribution in [0.1, 0.15) is 40.3 Å². The molecule has 0 spiro atoms. The van der Waals surface area contributed by atoms with E-state index >= 15 is 0 Å². The van der Waals surface area contributed by atoms with Gasteiger partial charge in [-0.15, -0.1) is 0 Å². The summed E-state index contributed by atoms with van der Waals surface area (Å²) in [6.45, 7) is 0.337. The summed E-state index contributed by atoms with van der Waals surface area (Å²) < 4.78 is 6.25. The van der Waals surface area contributed by atoms with Gasteiger partial charge in [-0.3, -0.25) is 9.78 Å². The summed E-state index contributed by atoms with van der Waals surface area (Å²) in [4.78, 5) is 30.6. The predicted octanol–water partition coefficient (Wildman–Crippen LogP) is 5.69. The molecule has 0 aliphatic carbocycles. The summed E-state index contributed by atoms with van der Waals surface area (Å²) in [5.41, 5.74) is 2.05. The number of pyridine rings is 1. The number of nitrogens with zero attached hydrogens (tertiary/aromatic N) is 2. The van der Waals surface area contributed by atoms with Crippen molar-refractivity contribution in [1.82, 2.24) is 15.2 Å². The van der Waals surface area contributed by atoms with Gasteiger partial charge in [-0.05, 0) is 66.8 Å². The number of rotatable bonds is 8. The van der Waals surface area contributed by atoms with Crippen LogP contribution in [0, 0.1) is 0 Å².